The number of aromatic nitrogens is 1. The first-order valence-corrected chi connectivity index (χ1v) is 4.90. The van der Waals surface area contributed by atoms with Crippen LogP contribution in [0.5, 0.6) is 0 Å². The average molecular weight is 198 g/mol. The number of carbonyl (C=O) groups is 1. The largest absolute Gasteiger partial charge is 0.458 e. The number of thiazole rings is 1. The maximum atomic E-state index is 11.3. The molecule has 0 aromatic carbocycles. The van der Waals surface area contributed by atoms with Gasteiger partial charge in [-0.2, -0.15) is 0 Å². The molecule has 1 radical (unpaired) electrons. The highest BCUT2D eigenvalue weighted by atomic mass is 32.1. The van der Waals surface area contributed by atoms with Crippen molar-refractivity contribution in [1.82, 2.24) is 4.98 Å². The zero-order valence-corrected chi connectivity index (χ0v) is 8.56. The molecule has 0 bridgehead atoms. The highest BCUT2D eigenvalue weighted by molar-refractivity contribution is 7.13. The topological polar surface area (TPSA) is 39.2 Å². The third kappa shape index (κ3) is 2.81. The lowest BCUT2D eigenvalue weighted by atomic mass is 10.4. The lowest BCUT2D eigenvalue weighted by molar-refractivity contribution is 0.0377. The molecule has 4 heteroatoms. The van der Waals surface area contributed by atoms with E-state index in [2.05, 4.69) is 11.9 Å². The summed E-state index contributed by atoms with van der Waals surface area (Å²) in [5.41, 5.74) is 0. The van der Waals surface area contributed by atoms with E-state index in [9.17, 15) is 4.79 Å². The molecule has 13 heavy (non-hydrogen) atoms. The first kappa shape index (κ1) is 10.2. The summed E-state index contributed by atoms with van der Waals surface area (Å²) in [6.45, 7) is 7.33. The molecular weight excluding hydrogens is 186 g/mol. The predicted octanol–water partition coefficient (Wildman–Crippen LogP) is 2.08. The molecule has 0 aliphatic rings. The van der Waals surface area contributed by atoms with E-state index in [0.29, 0.717) is 11.4 Å². The molecule has 0 N–H and O–H groups in total. The smallest absolute Gasteiger partial charge is 0.367 e. The Morgan fingerprint density at radius 1 is 1.77 bits per heavy atom. The SMILES string of the molecule is [CH2]Cc1cnc(C(=O)OC(C)C)s1. The maximum Gasteiger partial charge on any atom is 0.367 e. The van der Waals surface area contributed by atoms with Crippen molar-refractivity contribution in [2.45, 2.75) is 26.4 Å². The fourth-order valence-electron chi connectivity index (χ4n) is 0.782. The molecule has 0 aliphatic heterocycles. The summed E-state index contributed by atoms with van der Waals surface area (Å²) in [4.78, 5) is 16.2. The number of carbonyl (C=O) groups excluding carboxylic acids is 1. The Balaban J connectivity index is 2.66. The van der Waals surface area contributed by atoms with Crippen molar-refractivity contribution in [2.24, 2.45) is 0 Å². The summed E-state index contributed by atoms with van der Waals surface area (Å²) in [5, 5.41) is 0.410. The zero-order chi connectivity index (χ0) is 9.84. The van der Waals surface area contributed by atoms with Gasteiger partial charge in [-0.1, -0.05) is 0 Å². The van der Waals surface area contributed by atoms with Crippen molar-refractivity contribution in [3.05, 3.63) is 23.0 Å². The second-order valence-electron chi connectivity index (χ2n) is 2.84. The lowest BCUT2D eigenvalue weighted by Crippen LogP contribution is -2.10. The van der Waals surface area contributed by atoms with E-state index in [4.69, 9.17) is 4.74 Å². The van der Waals surface area contributed by atoms with Crippen molar-refractivity contribution in [2.75, 3.05) is 0 Å². The lowest BCUT2D eigenvalue weighted by Gasteiger charge is -2.04. The minimum Gasteiger partial charge on any atom is -0.458 e. The monoisotopic (exact) mass is 198 g/mol. The Labute approximate surface area is 81.8 Å². The Morgan fingerprint density at radius 3 is 2.92 bits per heavy atom. The maximum absolute atomic E-state index is 11.3. The number of nitrogens with zero attached hydrogens (tertiary/aromatic N) is 1. The second-order valence-corrected chi connectivity index (χ2v) is 3.95. The van der Waals surface area contributed by atoms with E-state index in [1.54, 1.807) is 6.20 Å². The van der Waals surface area contributed by atoms with E-state index in [1.165, 1.54) is 11.3 Å². The van der Waals surface area contributed by atoms with Crippen LogP contribution in [-0.4, -0.2) is 17.1 Å². The van der Waals surface area contributed by atoms with Gasteiger partial charge < -0.3 is 4.74 Å². The molecule has 0 amide bonds. The summed E-state index contributed by atoms with van der Waals surface area (Å²) in [6.07, 6.45) is 2.22. The van der Waals surface area contributed by atoms with Crippen molar-refractivity contribution in [3.8, 4) is 0 Å². The summed E-state index contributed by atoms with van der Waals surface area (Å²) in [5.74, 6) is -0.347. The second kappa shape index (κ2) is 4.37. The molecule has 0 unspecified atom stereocenters. The fraction of sp³-hybridized carbons (Fsp3) is 0.444. The minimum absolute atomic E-state index is 0.0976. The summed E-state index contributed by atoms with van der Waals surface area (Å²) >= 11 is 1.33. The van der Waals surface area contributed by atoms with Crippen LogP contribution >= 0.6 is 11.3 Å². The molecular formula is C9H12NO2S. The molecule has 0 atom stereocenters. The third-order valence-electron chi connectivity index (χ3n) is 1.32. The normalized spacial score (nSPS) is 10.5. The van der Waals surface area contributed by atoms with Crippen LogP contribution in [0.15, 0.2) is 6.20 Å². The van der Waals surface area contributed by atoms with Gasteiger partial charge in [0.25, 0.3) is 0 Å². The molecule has 0 fully saturated rings. The molecule has 0 aliphatic carbocycles. The van der Waals surface area contributed by atoms with Gasteiger partial charge in [-0.25, -0.2) is 9.78 Å². The predicted molar refractivity (Wildman–Crippen MR) is 51.7 cm³/mol. The standard InChI is InChI=1S/C9H12NO2S/c1-4-7-5-10-8(13-7)9(11)12-6(2)3/h5-6H,1,4H2,2-3H3. The van der Waals surface area contributed by atoms with Gasteiger partial charge in [0.15, 0.2) is 0 Å². The van der Waals surface area contributed by atoms with Crippen LogP contribution in [0, 0.1) is 6.92 Å². The van der Waals surface area contributed by atoms with Gasteiger partial charge in [-0.15, -0.1) is 11.3 Å². The Morgan fingerprint density at radius 2 is 2.46 bits per heavy atom. The van der Waals surface area contributed by atoms with Crippen LogP contribution < -0.4 is 0 Å². The van der Waals surface area contributed by atoms with Gasteiger partial charge in [-0.05, 0) is 27.2 Å². The molecule has 0 spiro atoms. The first-order valence-electron chi connectivity index (χ1n) is 4.08. The van der Waals surface area contributed by atoms with Crippen LogP contribution in [0.25, 0.3) is 0 Å². The highest BCUT2D eigenvalue weighted by Crippen LogP contribution is 2.14. The van der Waals surface area contributed by atoms with Crippen molar-refractivity contribution >= 4 is 17.3 Å². The minimum atomic E-state index is -0.347. The summed E-state index contributed by atoms with van der Waals surface area (Å²) in [7, 11) is 0. The van der Waals surface area contributed by atoms with Gasteiger partial charge in [0, 0.05) is 11.1 Å². The number of ether oxygens (including phenoxy) is 1. The summed E-state index contributed by atoms with van der Waals surface area (Å²) < 4.78 is 4.98. The van der Waals surface area contributed by atoms with Crippen LogP contribution in [0.4, 0.5) is 0 Å². The van der Waals surface area contributed by atoms with Crippen molar-refractivity contribution < 1.29 is 9.53 Å². The van der Waals surface area contributed by atoms with E-state index < -0.39 is 0 Å². The molecule has 0 saturated heterocycles. The van der Waals surface area contributed by atoms with E-state index in [-0.39, 0.29) is 12.1 Å². The quantitative estimate of drug-likeness (QED) is 0.698. The number of rotatable bonds is 3. The first-order chi connectivity index (χ1) is 6.13. The van der Waals surface area contributed by atoms with Crippen LogP contribution in [0.1, 0.15) is 28.5 Å². The molecule has 3 nitrogen and oxygen atoms in total. The van der Waals surface area contributed by atoms with Gasteiger partial charge in [0.2, 0.25) is 5.01 Å². The number of hydrogen-bond acceptors (Lipinski definition) is 4. The Bertz CT molecular complexity index is 294. The summed E-state index contributed by atoms with van der Waals surface area (Å²) in [6, 6.07) is 0. The van der Waals surface area contributed by atoms with Gasteiger partial charge in [0.1, 0.15) is 0 Å². The molecule has 1 rings (SSSR count). The van der Waals surface area contributed by atoms with Gasteiger partial charge in [0.05, 0.1) is 6.10 Å². The average Bonchev–Trinajstić information content (AvgIpc) is 2.50. The number of esters is 1. The van der Waals surface area contributed by atoms with Crippen LogP contribution in [0.2, 0.25) is 0 Å². The van der Waals surface area contributed by atoms with Crippen LogP contribution in [0.3, 0.4) is 0 Å². The molecule has 1 heterocycles. The van der Waals surface area contributed by atoms with Crippen molar-refractivity contribution in [3.63, 3.8) is 0 Å². The Hall–Kier alpha value is -0.900. The molecule has 1 aromatic heterocycles. The van der Waals surface area contributed by atoms with E-state index >= 15 is 0 Å². The molecule has 71 valence electrons. The molecule has 1 aromatic rings. The van der Waals surface area contributed by atoms with Gasteiger partial charge in [-0.3, -0.25) is 0 Å². The highest BCUT2D eigenvalue weighted by Gasteiger charge is 2.13. The Kier molecular flexibility index (Phi) is 3.42. The number of hydrogen-bond donors (Lipinski definition) is 0. The zero-order valence-electron chi connectivity index (χ0n) is 7.74. The van der Waals surface area contributed by atoms with E-state index in [1.807, 2.05) is 13.8 Å². The van der Waals surface area contributed by atoms with Crippen molar-refractivity contribution in [1.29, 1.82) is 0 Å². The molecule has 0 saturated carbocycles. The third-order valence-corrected chi connectivity index (χ3v) is 2.35. The van der Waals surface area contributed by atoms with Crippen LogP contribution in [-0.2, 0) is 11.2 Å². The fourth-order valence-corrected chi connectivity index (χ4v) is 1.47. The van der Waals surface area contributed by atoms with E-state index in [0.717, 1.165) is 4.88 Å². The van der Waals surface area contributed by atoms with Gasteiger partial charge >= 0.3 is 5.97 Å².